The number of carbonyl (C=O) groups excluding carboxylic acids is 2. The van der Waals surface area contributed by atoms with E-state index >= 15 is 0 Å². The van der Waals surface area contributed by atoms with Crippen LogP contribution in [0, 0.1) is 0 Å². The maximum atomic E-state index is 11.4. The van der Waals surface area contributed by atoms with Gasteiger partial charge in [-0.25, -0.2) is 0 Å². The van der Waals surface area contributed by atoms with Crippen molar-refractivity contribution in [3.63, 3.8) is 0 Å². The Morgan fingerprint density at radius 3 is 2.26 bits per heavy atom. The van der Waals surface area contributed by atoms with E-state index in [0.29, 0.717) is 0 Å². The first-order valence-electron chi connectivity index (χ1n) is 8.03. The van der Waals surface area contributed by atoms with Gasteiger partial charge in [0.25, 0.3) is 10.1 Å². The minimum Gasteiger partial charge on any atom is -0.462 e. The number of aliphatic hydroxyl groups excluding tert-OH is 3. The molecule has 27 heavy (non-hydrogen) atoms. The fraction of sp³-hybridized carbons (Fsp3) is 0.857. The van der Waals surface area contributed by atoms with E-state index in [1.54, 1.807) is 0 Å². The van der Waals surface area contributed by atoms with Crippen molar-refractivity contribution in [1.29, 1.82) is 0 Å². The maximum absolute atomic E-state index is 11.4. The largest absolute Gasteiger partial charge is 0.462 e. The predicted octanol–water partition coefficient (Wildman–Crippen LogP) is -2.42. The van der Waals surface area contributed by atoms with Gasteiger partial charge in [-0.15, -0.1) is 0 Å². The lowest BCUT2D eigenvalue weighted by molar-refractivity contribution is -0.297. The molecule has 0 aromatic heterocycles. The van der Waals surface area contributed by atoms with Gasteiger partial charge in [0.05, 0.1) is 6.61 Å². The first-order valence-corrected chi connectivity index (χ1v) is 9.64. The van der Waals surface area contributed by atoms with E-state index in [1.807, 2.05) is 0 Å². The summed E-state index contributed by atoms with van der Waals surface area (Å²) in [4.78, 5) is 22.3. The molecular formula is C14H24O12S. The lowest BCUT2D eigenvalue weighted by Gasteiger charge is -2.40. The molecule has 0 amide bonds. The van der Waals surface area contributed by atoms with Crippen LogP contribution >= 0.6 is 0 Å². The van der Waals surface area contributed by atoms with Gasteiger partial charge in [-0.05, 0) is 0 Å². The third kappa shape index (κ3) is 8.04. The first kappa shape index (κ1) is 23.7. The average Bonchev–Trinajstić information content (AvgIpc) is 2.57. The summed E-state index contributed by atoms with van der Waals surface area (Å²) in [6, 6.07) is 0. The highest BCUT2D eigenvalue weighted by molar-refractivity contribution is 7.85. The van der Waals surface area contributed by atoms with Crippen LogP contribution in [0.25, 0.3) is 0 Å². The number of hydrogen-bond acceptors (Lipinski definition) is 11. The number of carbonyl (C=O) groups is 2. The molecule has 1 rings (SSSR count). The molecule has 1 aliphatic rings. The zero-order valence-corrected chi connectivity index (χ0v) is 15.6. The Morgan fingerprint density at radius 2 is 1.74 bits per heavy atom. The summed E-state index contributed by atoms with van der Waals surface area (Å²) in [5, 5.41) is 29.5. The molecule has 1 heterocycles. The van der Waals surface area contributed by atoms with Crippen molar-refractivity contribution in [2.24, 2.45) is 0 Å². The van der Waals surface area contributed by atoms with E-state index in [1.165, 1.54) is 6.92 Å². The van der Waals surface area contributed by atoms with Gasteiger partial charge in [0.2, 0.25) is 0 Å². The summed E-state index contributed by atoms with van der Waals surface area (Å²) in [6.07, 6.45) is -9.56. The highest BCUT2D eigenvalue weighted by Gasteiger charge is 2.45. The molecule has 4 N–H and O–H groups in total. The third-order valence-corrected chi connectivity index (χ3v) is 4.30. The van der Waals surface area contributed by atoms with Gasteiger partial charge < -0.3 is 34.3 Å². The normalized spacial score (nSPS) is 29.8. The van der Waals surface area contributed by atoms with E-state index in [4.69, 9.17) is 23.5 Å². The van der Waals surface area contributed by atoms with Crippen LogP contribution in [0.15, 0.2) is 0 Å². The highest BCUT2D eigenvalue weighted by Crippen LogP contribution is 2.23. The Balaban J connectivity index is 2.76. The minimum atomic E-state index is -4.55. The van der Waals surface area contributed by atoms with Gasteiger partial charge in [0.15, 0.2) is 12.4 Å². The van der Waals surface area contributed by atoms with Crippen LogP contribution in [-0.4, -0.2) is 96.0 Å². The van der Waals surface area contributed by atoms with E-state index in [0.717, 1.165) is 6.92 Å². The summed E-state index contributed by atoms with van der Waals surface area (Å²) >= 11 is 0. The van der Waals surface area contributed by atoms with Gasteiger partial charge in [-0.3, -0.25) is 14.1 Å². The molecule has 0 aromatic rings. The summed E-state index contributed by atoms with van der Waals surface area (Å²) in [5.41, 5.74) is 0. The fourth-order valence-corrected chi connectivity index (χ4v) is 2.89. The second-order valence-electron chi connectivity index (χ2n) is 5.86. The smallest absolute Gasteiger partial charge is 0.305 e. The van der Waals surface area contributed by atoms with Gasteiger partial charge in [-0.1, -0.05) is 6.92 Å². The van der Waals surface area contributed by atoms with Crippen LogP contribution < -0.4 is 0 Å². The Bertz CT molecular complexity index is 605. The molecular weight excluding hydrogens is 392 g/mol. The molecule has 6 atom stereocenters. The van der Waals surface area contributed by atoms with Crippen LogP contribution in [-0.2, 0) is 38.7 Å². The minimum absolute atomic E-state index is 0.0421. The number of hydrogen-bond donors (Lipinski definition) is 4. The molecule has 0 aromatic carbocycles. The molecule has 0 bridgehead atoms. The van der Waals surface area contributed by atoms with E-state index < -0.39 is 71.2 Å². The van der Waals surface area contributed by atoms with Gasteiger partial charge >= 0.3 is 11.9 Å². The van der Waals surface area contributed by atoms with Crippen molar-refractivity contribution in [3.05, 3.63) is 0 Å². The van der Waals surface area contributed by atoms with Crippen molar-refractivity contribution < 1.29 is 56.8 Å². The van der Waals surface area contributed by atoms with Crippen molar-refractivity contribution in [2.45, 2.75) is 57.1 Å². The van der Waals surface area contributed by atoms with Crippen molar-refractivity contribution >= 4 is 22.1 Å². The second-order valence-corrected chi connectivity index (χ2v) is 7.36. The first-order chi connectivity index (χ1) is 12.4. The van der Waals surface area contributed by atoms with Gasteiger partial charge in [0, 0.05) is 13.3 Å². The molecule has 0 unspecified atom stereocenters. The van der Waals surface area contributed by atoms with Gasteiger partial charge in [-0.2, -0.15) is 8.42 Å². The SMILES string of the molecule is CCC(=O)O[C@H](COC(C)=O)CO[C@@H]1O[C@H](CS(=O)(=O)O)[C@@H](O)[C@H](O)[C@H]1O. The summed E-state index contributed by atoms with van der Waals surface area (Å²) in [7, 11) is -4.55. The number of rotatable bonds is 9. The van der Waals surface area contributed by atoms with Crippen LogP contribution in [0.5, 0.6) is 0 Å². The van der Waals surface area contributed by atoms with Crippen molar-refractivity contribution in [2.75, 3.05) is 19.0 Å². The quantitative estimate of drug-likeness (QED) is 0.231. The lowest BCUT2D eigenvalue weighted by atomic mass is 10.00. The summed E-state index contributed by atoms with van der Waals surface area (Å²) in [6.45, 7) is 1.91. The molecule has 13 heteroatoms. The van der Waals surface area contributed by atoms with E-state index in [9.17, 15) is 33.3 Å². The molecule has 1 aliphatic heterocycles. The predicted molar refractivity (Wildman–Crippen MR) is 85.9 cm³/mol. The van der Waals surface area contributed by atoms with Gasteiger partial charge in [0.1, 0.15) is 36.8 Å². The van der Waals surface area contributed by atoms with Crippen LogP contribution in [0.2, 0.25) is 0 Å². The lowest BCUT2D eigenvalue weighted by Crippen LogP contribution is -2.60. The molecule has 158 valence electrons. The number of aliphatic hydroxyl groups is 3. The molecule has 1 saturated heterocycles. The highest BCUT2D eigenvalue weighted by atomic mass is 32.2. The zero-order chi connectivity index (χ0) is 20.8. The molecule has 1 fully saturated rings. The number of ether oxygens (including phenoxy) is 4. The van der Waals surface area contributed by atoms with Crippen molar-refractivity contribution in [3.8, 4) is 0 Å². The molecule has 0 spiro atoms. The second kappa shape index (κ2) is 10.3. The van der Waals surface area contributed by atoms with E-state index in [2.05, 4.69) is 0 Å². The summed E-state index contributed by atoms with van der Waals surface area (Å²) in [5.74, 6) is -2.28. The molecule has 12 nitrogen and oxygen atoms in total. The molecule has 0 radical (unpaired) electrons. The number of esters is 2. The van der Waals surface area contributed by atoms with Crippen LogP contribution in [0.3, 0.4) is 0 Å². The maximum Gasteiger partial charge on any atom is 0.305 e. The summed E-state index contributed by atoms with van der Waals surface area (Å²) < 4.78 is 50.9. The Labute approximate surface area is 155 Å². The Hall–Kier alpha value is -1.35. The Kier molecular flexibility index (Phi) is 9.01. The van der Waals surface area contributed by atoms with E-state index in [-0.39, 0.29) is 13.0 Å². The van der Waals surface area contributed by atoms with Crippen LogP contribution in [0.1, 0.15) is 20.3 Å². The molecule has 0 saturated carbocycles. The standard InChI is InChI=1S/C14H24O12S/c1-3-10(16)25-8(4-23-7(2)15)5-24-14-13(19)12(18)11(17)9(26-14)6-27(20,21)22/h8-9,11-14,17-19H,3-6H2,1-2H3,(H,20,21,22)/t8-,9-,11-,12+,13-,14-/m1/s1. The van der Waals surface area contributed by atoms with Crippen LogP contribution in [0.4, 0.5) is 0 Å². The van der Waals surface area contributed by atoms with Crippen molar-refractivity contribution in [1.82, 2.24) is 0 Å². The monoisotopic (exact) mass is 416 g/mol. The fourth-order valence-electron chi connectivity index (χ4n) is 2.20. The average molecular weight is 416 g/mol. The topological polar surface area (TPSA) is 186 Å². The third-order valence-electron chi connectivity index (χ3n) is 3.55. The zero-order valence-electron chi connectivity index (χ0n) is 14.8. The Morgan fingerprint density at radius 1 is 1.11 bits per heavy atom. The molecule has 0 aliphatic carbocycles.